The van der Waals surface area contributed by atoms with Gasteiger partial charge in [-0.2, -0.15) is 11.8 Å². The molecule has 0 aromatic heterocycles. The number of hydrogen-bond acceptors (Lipinski definition) is 3. The van der Waals surface area contributed by atoms with Crippen molar-refractivity contribution in [2.75, 3.05) is 26.0 Å². The van der Waals surface area contributed by atoms with E-state index in [1.54, 1.807) is 7.11 Å². The minimum absolute atomic E-state index is 0.507. The van der Waals surface area contributed by atoms with Crippen LogP contribution in [0.2, 0.25) is 0 Å². The summed E-state index contributed by atoms with van der Waals surface area (Å²) in [7, 11) is 1.75. The molecule has 0 fully saturated rings. The summed E-state index contributed by atoms with van der Waals surface area (Å²) in [6.45, 7) is 8.41. The minimum atomic E-state index is 0.507. The zero-order chi connectivity index (χ0) is 9.40. The molecule has 12 heavy (non-hydrogen) atoms. The number of rotatable bonds is 7. The second-order valence-electron chi connectivity index (χ2n) is 3.09. The first-order valence-corrected chi connectivity index (χ1v) is 5.59. The summed E-state index contributed by atoms with van der Waals surface area (Å²) >= 11 is 1.98. The van der Waals surface area contributed by atoms with Gasteiger partial charge in [-0.25, -0.2) is 0 Å². The predicted octanol–water partition coefficient (Wildman–Crippen LogP) is 1.75. The van der Waals surface area contributed by atoms with Crippen molar-refractivity contribution in [1.82, 2.24) is 5.32 Å². The van der Waals surface area contributed by atoms with Gasteiger partial charge < -0.3 is 10.1 Å². The molecule has 0 rings (SSSR count). The van der Waals surface area contributed by atoms with Gasteiger partial charge in [0.2, 0.25) is 0 Å². The lowest BCUT2D eigenvalue weighted by Crippen LogP contribution is -2.35. The van der Waals surface area contributed by atoms with E-state index in [0.29, 0.717) is 11.3 Å². The van der Waals surface area contributed by atoms with E-state index in [0.717, 1.165) is 18.9 Å². The van der Waals surface area contributed by atoms with Crippen molar-refractivity contribution in [2.24, 2.45) is 0 Å². The van der Waals surface area contributed by atoms with E-state index in [4.69, 9.17) is 4.74 Å². The highest BCUT2D eigenvalue weighted by atomic mass is 32.2. The number of ether oxygens (including phenoxy) is 1. The van der Waals surface area contributed by atoms with Crippen LogP contribution < -0.4 is 5.32 Å². The lowest BCUT2D eigenvalue weighted by Gasteiger charge is -2.17. The van der Waals surface area contributed by atoms with Crippen molar-refractivity contribution >= 4 is 11.8 Å². The van der Waals surface area contributed by atoms with Crippen molar-refractivity contribution in [1.29, 1.82) is 0 Å². The van der Waals surface area contributed by atoms with Crippen LogP contribution in [0.1, 0.15) is 20.8 Å². The highest BCUT2D eigenvalue weighted by Crippen LogP contribution is 2.10. The van der Waals surface area contributed by atoms with E-state index in [1.165, 1.54) is 0 Å². The number of methoxy groups -OCH3 is 1. The van der Waals surface area contributed by atoms with Crippen LogP contribution in [0.5, 0.6) is 0 Å². The maximum absolute atomic E-state index is 5.11. The van der Waals surface area contributed by atoms with Gasteiger partial charge in [-0.1, -0.05) is 20.8 Å². The molecule has 0 aliphatic carbocycles. The number of thioether (sulfide) groups is 1. The summed E-state index contributed by atoms with van der Waals surface area (Å²) < 4.78 is 5.11. The fourth-order valence-corrected chi connectivity index (χ4v) is 1.80. The Bertz CT molecular complexity index is 92.5. The molecule has 1 unspecified atom stereocenters. The largest absolute Gasteiger partial charge is 0.383 e. The number of likely N-dealkylation sites (N-methyl/N-ethyl adjacent to an activating group) is 1. The van der Waals surface area contributed by atoms with Gasteiger partial charge in [0.15, 0.2) is 0 Å². The third-order valence-corrected chi connectivity index (χ3v) is 2.75. The van der Waals surface area contributed by atoms with Gasteiger partial charge in [0.1, 0.15) is 0 Å². The Hall–Kier alpha value is 0.270. The summed E-state index contributed by atoms with van der Waals surface area (Å²) in [5, 5.41) is 4.10. The summed E-state index contributed by atoms with van der Waals surface area (Å²) in [6.07, 6.45) is 0. The van der Waals surface area contributed by atoms with Crippen molar-refractivity contribution < 1.29 is 4.74 Å². The molecular weight excluding hydrogens is 170 g/mol. The summed E-state index contributed by atoms with van der Waals surface area (Å²) in [5.41, 5.74) is 0. The molecule has 74 valence electrons. The molecule has 0 aromatic rings. The lowest BCUT2D eigenvalue weighted by atomic mass is 10.3. The van der Waals surface area contributed by atoms with Crippen molar-refractivity contribution in [3.8, 4) is 0 Å². The fraction of sp³-hybridized carbons (Fsp3) is 1.00. The number of nitrogens with one attached hydrogen (secondary N) is 1. The molecule has 1 atom stereocenters. The first-order chi connectivity index (χ1) is 5.70. The van der Waals surface area contributed by atoms with Crippen LogP contribution in [0.3, 0.4) is 0 Å². The van der Waals surface area contributed by atoms with E-state index in [2.05, 4.69) is 26.1 Å². The molecule has 3 heteroatoms. The third-order valence-electron chi connectivity index (χ3n) is 1.49. The van der Waals surface area contributed by atoms with Crippen LogP contribution in [0, 0.1) is 0 Å². The number of hydrogen-bond donors (Lipinski definition) is 1. The molecule has 0 aliphatic rings. The molecule has 2 nitrogen and oxygen atoms in total. The Morgan fingerprint density at radius 2 is 2.08 bits per heavy atom. The zero-order valence-corrected chi connectivity index (χ0v) is 9.41. The van der Waals surface area contributed by atoms with Crippen LogP contribution in [0.4, 0.5) is 0 Å². The molecule has 0 bridgehead atoms. The second-order valence-corrected chi connectivity index (χ2v) is 4.70. The molecule has 0 heterocycles. The Morgan fingerprint density at radius 3 is 2.50 bits per heavy atom. The minimum Gasteiger partial charge on any atom is -0.383 e. The second kappa shape index (κ2) is 7.90. The third kappa shape index (κ3) is 6.95. The maximum atomic E-state index is 5.11. The average molecular weight is 191 g/mol. The molecule has 0 aliphatic heterocycles. The van der Waals surface area contributed by atoms with Gasteiger partial charge in [-0.05, 0) is 11.8 Å². The first kappa shape index (κ1) is 12.3. The van der Waals surface area contributed by atoms with Gasteiger partial charge in [-0.15, -0.1) is 0 Å². The van der Waals surface area contributed by atoms with Gasteiger partial charge >= 0.3 is 0 Å². The van der Waals surface area contributed by atoms with Crippen LogP contribution in [0.25, 0.3) is 0 Å². The summed E-state index contributed by atoms with van der Waals surface area (Å²) in [5.74, 6) is 1.14. The molecule has 0 amide bonds. The summed E-state index contributed by atoms with van der Waals surface area (Å²) in [6, 6.07) is 0.507. The van der Waals surface area contributed by atoms with E-state index in [9.17, 15) is 0 Å². The predicted molar refractivity (Wildman–Crippen MR) is 56.9 cm³/mol. The zero-order valence-electron chi connectivity index (χ0n) is 8.59. The molecule has 0 saturated heterocycles. The normalized spacial score (nSPS) is 13.8. The quantitative estimate of drug-likeness (QED) is 0.662. The molecule has 0 aromatic carbocycles. The van der Waals surface area contributed by atoms with Crippen molar-refractivity contribution in [2.45, 2.75) is 32.1 Å². The Kier molecular flexibility index (Phi) is 8.07. The fourth-order valence-electron chi connectivity index (χ4n) is 0.964. The van der Waals surface area contributed by atoms with Crippen molar-refractivity contribution in [3.05, 3.63) is 0 Å². The van der Waals surface area contributed by atoms with Crippen LogP contribution in [-0.4, -0.2) is 37.3 Å². The van der Waals surface area contributed by atoms with E-state index in [1.807, 2.05) is 11.8 Å². The lowest BCUT2D eigenvalue weighted by molar-refractivity contribution is 0.174. The standard InChI is InChI=1S/C9H21NOS/c1-5-10-9(6-11-4)7-12-8(2)3/h8-10H,5-7H2,1-4H3. The molecule has 0 radical (unpaired) electrons. The Morgan fingerprint density at radius 1 is 1.42 bits per heavy atom. The molecule has 1 N–H and O–H groups in total. The van der Waals surface area contributed by atoms with Gasteiger partial charge in [-0.3, -0.25) is 0 Å². The van der Waals surface area contributed by atoms with Crippen LogP contribution in [0.15, 0.2) is 0 Å². The van der Waals surface area contributed by atoms with E-state index in [-0.39, 0.29) is 0 Å². The van der Waals surface area contributed by atoms with Crippen LogP contribution in [-0.2, 0) is 4.74 Å². The van der Waals surface area contributed by atoms with E-state index >= 15 is 0 Å². The highest BCUT2D eigenvalue weighted by Gasteiger charge is 2.07. The topological polar surface area (TPSA) is 21.3 Å². The van der Waals surface area contributed by atoms with Crippen LogP contribution >= 0.6 is 11.8 Å². The molecule has 0 spiro atoms. The highest BCUT2D eigenvalue weighted by molar-refractivity contribution is 7.99. The monoisotopic (exact) mass is 191 g/mol. The van der Waals surface area contributed by atoms with Gasteiger partial charge in [0.25, 0.3) is 0 Å². The smallest absolute Gasteiger partial charge is 0.0623 e. The Balaban J connectivity index is 3.48. The Labute approximate surface area is 80.4 Å². The average Bonchev–Trinajstić information content (AvgIpc) is 2.01. The van der Waals surface area contributed by atoms with Gasteiger partial charge in [0, 0.05) is 18.9 Å². The van der Waals surface area contributed by atoms with E-state index < -0.39 is 0 Å². The molecule has 0 saturated carbocycles. The maximum Gasteiger partial charge on any atom is 0.0623 e. The van der Waals surface area contributed by atoms with Gasteiger partial charge in [0.05, 0.1) is 6.61 Å². The molecular formula is C9H21NOS. The SMILES string of the molecule is CCNC(COC)CSC(C)C. The summed E-state index contributed by atoms with van der Waals surface area (Å²) in [4.78, 5) is 0. The first-order valence-electron chi connectivity index (χ1n) is 4.54. The van der Waals surface area contributed by atoms with Crippen molar-refractivity contribution in [3.63, 3.8) is 0 Å².